The summed E-state index contributed by atoms with van der Waals surface area (Å²) in [6, 6.07) is -0.481. The summed E-state index contributed by atoms with van der Waals surface area (Å²) < 4.78 is 29.2. The molecule has 0 aromatic rings. The third-order valence-electron chi connectivity index (χ3n) is 4.33. The zero-order valence-corrected chi connectivity index (χ0v) is 16.4. The fraction of sp³-hybridized carbons (Fsp3) is 0.938. The molecule has 2 amide bonds. The third-order valence-corrected chi connectivity index (χ3v) is 6.37. The fourth-order valence-electron chi connectivity index (χ4n) is 2.66. The molecule has 0 atom stereocenters. The monoisotopic (exact) mass is 362 g/mol. The molecule has 1 aliphatic heterocycles. The van der Waals surface area contributed by atoms with E-state index in [0.29, 0.717) is 57.5 Å². The second kappa shape index (κ2) is 9.58. The molecule has 8 heteroatoms. The van der Waals surface area contributed by atoms with Crippen LogP contribution in [0.25, 0.3) is 0 Å². The Hall–Kier alpha value is -0.860. The fourth-order valence-corrected chi connectivity index (χ4v) is 4.33. The Morgan fingerprint density at radius 1 is 1.00 bits per heavy atom. The number of hydrogen-bond acceptors (Lipinski definition) is 3. The zero-order chi connectivity index (χ0) is 18.3. The normalized spacial score (nSPS) is 17.7. The smallest absolute Gasteiger partial charge is 0.314 e. The van der Waals surface area contributed by atoms with Crippen molar-refractivity contribution in [2.75, 3.05) is 39.3 Å². The molecule has 0 aromatic carbocycles. The van der Waals surface area contributed by atoms with Gasteiger partial charge in [-0.1, -0.05) is 27.7 Å². The summed E-state index contributed by atoms with van der Waals surface area (Å²) in [4.78, 5) is 12.8. The maximum absolute atomic E-state index is 13.1. The van der Waals surface area contributed by atoms with Gasteiger partial charge >= 0.3 is 6.03 Å². The van der Waals surface area contributed by atoms with Crippen molar-refractivity contribution in [2.24, 2.45) is 17.6 Å². The van der Waals surface area contributed by atoms with Gasteiger partial charge in [-0.2, -0.15) is 17.0 Å². The van der Waals surface area contributed by atoms with Crippen LogP contribution in [0.2, 0.25) is 0 Å². The van der Waals surface area contributed by atoms with Crippen LogP contribution in [0.4, 0.5) is 4.79 Å². The number of carbonyl (C=O) groups is 1. The van der Waals surface area contributed by atoms with E-state index in [1.165, 1.54) is 9.21 Å². The number of primary amides is 1. The van der Waals surface area contributed by atoms with Crippen LogP contribution < -0.4 is 5.73 Å². The van der Waals surface area contributed by atoms with Gasteiger partial charge in [0.05, 0.1) is 0 Å². The number of nitrogens with zero attached hydrogens (tertiary/aromatic N) is 3. The molecule has 1 rings (SSSR count). The van der Waals surface area contributed by atoms with E-state index < -0.39 is 16.2 Å². The summed E-state index contributed by atoms with van der Waals surface area (Å²) in [7, 11) is -3.50. The second-order valence-corrected chi connectivity index (χ2v) is 9.28. The standard InChI is InChI=1S/C16H34N4O3S/c1-14(2)6-10-20(11-7-15(3)4)24(22,23)19-9-5-8-18(12-13-19)16(17)21/h14-15H,5-13H2,1-4H3,(H2,17,21). The molecular formula is C16H34N4O3S. The SMILES string of the molecule is CC(C)CCN(CCC(C)C)S(=O)(=O)N1CCCN(C(N)=O)CC1. The third kappa shape index (κ3) is 6.57. The molecule has 0 unspecified atom stereocenters. The van der Waals surface area contributed by atoms with E-state index in [-0.39, 0.29) is 0 Å². The molecule has 24 heavy (non-hydrogen) atoms. The average Bonchev–Trinajstić information content (AvgIpc) is 2.72. The molecule has 7 nitrogen and oxygen atoms in total. The van der Waals surface area contributed by atoms with Gasteiger partial charge in [0.15, 0.2) is 0 Å². The van der Waals surface area contributed by atoms with Crippen molar-refractivity contribution in [1.29, 1.82) is 0 Å². The highest BCUT2D eigenvalue weighted by molar-refractivity contribution is 7.86. The lowest BCUT2D eigenvalue weighted by molar-refractivity contribution is 0.210. The van der Waals surface area contributed by atoms with Crippen molar-refractivity contribution in [2.45, 2.75) is 47.0 Å². The highest BCUT2D eigenvalue weighted by atomic mass is 32.2. The quantitative estimate of drug-likeness (QED) is 0.713. The molecular weight excluding hydrogens is 328 g/mol. The van der Waals surface area contributed by atoms with Crippen LogP contribution >= 0.6 is 0 Å². The molecule has 1 fully saturated rings. The van der Waals surface area contributed by atoms with Gasteiger partial charge in [0, 0.05) is 39.3 Å². The lowest BCUT2D eigenvalue weighted by Gasteiger charge is -2.30. The predicted octanol–water partition coefficient (Wildman–Crippen LogP) is 1.71. The molecule has 0 aromatic heterocycles. The Bertz CT molecular complexity index is 482. The molecule has 0 bridgehead atoms. The molecule has 0 radical (unpaired) electrons. The van der Waals surface area contributed by atoms with Gasteiger partial charge in [0.1, 0.15) is 0 Å². The Kier molecular flexibility index (Phi) is 8.45. The maximum atomic E-state index is 13.1. The van der Waals surface area contributed by atoms with Crippen molar-refractivity contribution < 1.29 is 13.2 Å². The number of carbonyl (C=O) groups excluding carboxylic acids is 1. The Labute approximate surface area is 147 Å². The zero-order valence-electron chi connectivity index (χ0n) is 15.6. The van der Waals surface area contributed by atoms with Gasteiger partial charge in [-0.3, -0.25) is 0 Å². The Balaban J connectivity index is 2.82. The first-order valence-electron chi connectivity index (χ1n) is 8.94. The maximum Gasteiger partial charge on any atom is 0.314 e. The molecule has 2 N–H and O–H groups in total. The first-order chi connectivity index (χ1) is 11.1. The molecule has 1 saturated heterocycles. The van der Waals surface area contributed by atoms with Crippen LogP contribution in [0.1, 0.15) is 47.0 Å². The highest BCUT2D eigenvalue weighted by Crippen LogP contribution is 2.16. The van der Waals surface area contributed by atoms with Crippen LogP contribution in [0.3, 0.4) is 0 Å². The molecule has 0 spiro atoms. The lowest BCUT2D eigenvalue weighted by atomic mass is 10.1. The Morgan fingerprint density at radius 2 is 1.54 bits per heavy atom. The summed E-state index contributed by atoms with van der Waals surface area (Å²) in [5.41, 5.74) is 5.32. The summed E-state index contributed by atoms with van der Waals surface area (Å²) >= 11 is 0. The van der Waals surface area contributed by atoms with E-state index in [9.17, 15) is 13.2 Å². The van der Waals surface area contributed by atoms with E-state index in [2.05, 4.69) is 27.7 Å². The lowest BCUT2D eigenvalue weighted by Crippen LogP contribution is -2.47. The summed E-state index contributed by atoms with van der Waals surface area (Å²) in [5, 5.41) is 0. The molecule has 1 aliphatic rings. The van der Waals surface area contributed by atoms with Crippen molar-refractivity contribution >= 4 is 16.2 Å². The summed E-state index contributed by atoms with van der Waals surface area (Å²) in [6.07, 6.45) is 2.31. The first kappa shape index (κ1) is 21.2. The number of amides is 2. The van der Waals surface area contributed by atoms with Crippen LogP contribution in [0.5, 0.6) is 0 Å². The van der Waals surface area contributed by atoms with Gasteiger partial charge < -0.3 is 10.6 Å². The molecule has 0 saturated carbocycles. The number of nitrogens with two attached hydrogens (primary N) is 1. The first-order valence-corrected chi connectivity index (χ1v) is 10.3. The van der Waals surface area contributed by atoms with Gasteiger partial charge in [0.25, 0.3) is 10.2 Å². The van der Waals surface area contributed by atoms with Crippen LogP contribution in [-0.2, 0) is 10.2 Å². The summed E-state index contributed by atoms with van der Waals surface area (Å²) in [6.45, 7) is 11.1. The number of hydrogen-bond donors (Lipinski definition) is 1. The van der Waals surface area contributed by atoms with E-state index in [0.717, 1.165) is 12.8 Å². The van der Waals surface area contributed by atoms with Crippen LogP contribution in [-0.4, -0.2) is 67.2 Å². The van der Waals surface area contributed by atoms with Gasteiger partial charge in [-0.25, -0.2) is 4.79 Å². The van der Waals surface area contributed by atoms with Crippen molar-refractivity contribution in [3.63, 3.8) is 0 Å². The summed E-state index contributed by atoms with van der Waals surface area (Å²) in [5.74, 6) is 0.910. The minimum atomic E-state index is -3.50. The van der Waals surface area contributed by atoms with Crippen molar-refractivity contribution in [1.82, 2.24) is 13.5 Å². The molecule has 0 aliphatic carbocycles. The second-order valence-electron chi connectivity index (χ2n) is 7.35. The van der Waals surface area contributed by atoms with E-state index in [4.69, 9.17) is 5.73 Å². The van der Waals surface area contributed by atoms with Crippen molar-refractivity contribution in [3.8, 4) is 0 Å². The molecule has 1 heterocycles. The van der Waals surface area contributed by atoms with E-state index in [1.54, 1.807) is 4.31 Å². The molecule has 142 valence electrons. The van der Waals surface area contributed by atoms with Gasteiger partial charge in [-0.05, 0) is 31.1 Å². The minimum absolute atomic E-state index is 0.311. The topological polar surface area (TPSA) is 87.0 Å². The number of urea groups is 1. The predicted molar refractivity (Wildman–Crippen MR) is 96.7 cm³/mol. The highest BCUT2D eigenvalue weighted by Gasteiger charge is 2.31. The minimum Gasteiger partial charge on any atom is -0.351 e. The van der Waals surface area contributed by atoms with Crippen molar-refractivity contribution in [3.05, 3.63) is 0 Å². The van der Waals surface area contributed by atoms with Crippen LogP contribution in [0.15, 0.2) is 0 Å². The van der Waals surface area contributed by atoms with Crippen LogP contribution in [0, 0.1) is 11.8 Å². The number of rotatable bonds is 8. The van der Waals surface area contributed by atoms with Gasteiger partial charge in [-0.15, -0.1) is 0 Å². The van der Waals surface area contributed by atoms with Gasteiger partial charge in [0.2, 0.25) is 0 Å². The van der Waals surface area contributed by atoms with E-state index in [1.807, 2.05) is 0 Å². The largest absolute Gasteiger partial charge is 0.351 e. The average molecular weight is 363 g/mol. The van der Waals surface area contributed by atoms with E-state index >= 15 is 0 Å². The Morgan fingerprint density at radius 3 is 2.00 bits per heavy atom.